The van der Waals surface area contributed by atoms with Crippen molar-refractivity contribution in [3.8, 4) is 16.9 Å². The van der Waals surface area contributed by atoms with Gasteiger partial charge in [-0.3, -0.25) is 4.90 Å². The number of amides is 2. The maximum atomic E-state index is 15.4. The Hall–Kier alpha value is -4.18. The number of carbonyl (C=O) groups is 1. The topological polar surface area (TPSA) is 76.2 Å². The summed E-state index contributed by atoms with van der Waals surface area (Å²) in [5, 5.41) is 7.57. The zero-order valence-electron chi connectivity index (χ0n) is 25.8. The largest absolute Gasteiger partial charge is 0.416 e. The van der Waals surface area contributed by atoms with Gasteiger partial charge >= 0.3 is 12.2 Å². The molecule has 5 rings (SSSR count). The second-order valence-electron chi connectivity index (χ2n) is 11.9. The molecule has 0 atom stereocenters. The highest BCUT2D eigenvalue weighted by molar-refractivity contribution is 5.89. The van der Waals surface area contributed by atoms with E-state index in [0.29, 0.717) is 24.2 Å². The van der Waals surface area contributed by atoms with Crippen LogP contribution in [0.5, 0.6) is 0 Å². The molecule has 3 N–H and O–H groups in total. The van der Waals surface area contributed by atoms with Crippen LogP contribution in [0.15, 0.2) is 48.5 Å². The summed E-state index contributed by atoms with van der Waals surface area (Å²) >= 11 is 0. The number of halogens is 4. The minimum Gasteiger partial charge on any atom is -0.351 e. The Balaban J connectivity index is 1.69. The fourth-order valence-corrected chi connectivity index (χ4v) is 6.23. The van der Waals surface area contributed by atoms with Crippen molar-refractivity contribution in [3.63, 3.8) is 0 Å². The SMILES string of the molecule is CCc1cccc(CC)c1-n1nc2c(c1-c1cc(F)c(NC(N)=O)cc1C)CN(Cc1ccc(C(F)(F)F)cc1C)C2(C)C. The molecule has 0 spiro atoms. The molecule has 0 unspecified atom stereocenters. The summed E-state index contributed by atoms with van der Waals surface area (Å²) in [6.45, 7) is 12.7. The molecule has 1 aliphatic heterocycles. The normalized spacial score (nSPS) is 14.6. The lowest BCUT2D eigenvalue weighted by molar-refractivity contribution is -0.137. The quantitative estimate of drug-likeness (QED) is 0.208. The summed E-state index contributed by atoms with van der Waals surface area (Å²) in [6.07, 6.45) is -2.87. The molecule has 10 heteroatoms. The van der Waals surface area contributed by atoms with Crippen molar-refractivity contribution in [3.05, 3.63) is 99.0 Å². The number of aromatic nitrogens is 2. The first-order valence-corrected chi connectivity index (χ1v) is 14.7. The minimum atomic E-state index is -4.41. The van der Waals surface area contributed by atoms with Crippen LogP contribution in [-0.4, -0.2) is 20.7 Å². The fraction of sp³-hybridized carbons (Fsp3) is 0.353. The van der Waals surface area contributed by atoms with Gasteiger partial charge < -0.3 is 11.1 Å². The fourth-order valence-electron chi connectivity index (χ4n) is 6.23. The third-order valence-corrected chi connectivity index (χ3v) is 8.74. The van der Waals surface area contributed by atoms with Gasteiger partial charge in [-0.2, -0.15) is 18.3 Å². The van der Waals surface area contributed by atoms with E-state index in [2.05, 4.69) is 50.0 Å². The number of nitrogens with two attached hydrogens (primary N) is 1. The molecule has 2 heterocycles. The number of rotatable bonds is 7. The minimum absolute atomic E-state index is 0.00981. The Kier molecular flexibility index (Phi) is 8.09. The van der Waals surface area contributed by atoms with Crippen LogP contribution in [0.4, 0.5) is 28.0 Å². The molecule has 1 aromatic heterocycles. The molecule has 1 aliphatic rings. The number of urea groups is 1. The zero-order valence-corrected chi connectivity index (χ0v) is 25.8. The van der Waals surface area contributed by atoms with Crippen molar-refractivity contribution in [1.29, 1.82) is 0 Å². The number of aryl methyl sites for hydroxylation is 4. The van der Waals surface area contributed by atoms with Gasteiger partial charge in [-0.05, 0) is 92.6 Å². The van der Waals surface area contributed by atoms with Crippen LogP contribution in [0.2, 0.25) is 0 Å². The van der Waals surface area contributed by atoms with Crippen molar-refractivity contribution in [2.75, 3.05) is 5.32 Å². The van der Waals surface area contributed by atoms with Crippen LogP contribution < -0.4 is 11.1 Å². The highest BCUT2D eigenvalue weighted by Crippen LogP contribution is 2.46. The number of carbonyl (C=O) groups excluding carboxylic acids is 1. The average Bonchev–Trinajstić information content (AvgIpc) is 3.43. The molecule has 6 nitrogen and oxygen atoms in total. The Labute approximate surface area is 254 Å². The molecule has 0 saturated heterocycles. The lowest BCUT2D eigenvalue weighted by Gasteiger charge is -2.32. The Morgan fingerprint density at radius 3 is 2.23 bits per heavy atom. The van der Waals surface area contributed by atoms with Crippen LogP contribution >= 0.6 is 0 Å². The number of anilines is 1. The van der Waals surface area contributed by atoms with Crippen LogP contribution in [-0.2, 0) is 37.6 Å². The molecule has 2 amide bonds. The molecule has 3 aromatic carbocycles. The van der Waals surface area contributed by atoms with Gasteiger partial charge in [0.05, 0.1) is 33.9 Å². The number of nitrogens with zero attached hydrogens (tertiary/aromatic N) is 3. The maximum Gasteiger partial charge on any atom is 0.416 e. The van der Waals surface area contributed by atoms with E-state index in [1.165, 1.54) is 12.1 Å². The molecule has 0 fully saturated rings. The number of para-hydroxylation sites is 1. The van der Waals surface area contributed by atoms with Gasteiger partial charge in [-0.15, -0.1) is 0 Å². The first kappa shape index (κ1) is 31.3. The molecule has 0 bridgehead atoms. The van der Waals surface area contributed by atoms with Gasteiger partial charge in [-0.25, -0.2) is 13.9 Å². The summed E-state index contributed by atoms with van der Waals surface area (Å²) in [6, 6.07) is 12.1. The number of fused-ring (bicyclic) bond motifs is 1. The van der Waals surface area contributed by atoms with Crippen molar-refractivity contribution < 1.29 is 22.4 Å². The van der Waals surface area contributed by atoms with E-state index in [1.54, 1.807) is 19.1 Å². The van der Waals surface area contributed by atoms with Gasteiger partial charge in [0, 0.05) is 24.2 Å². The lowest BCUT2D eigenvalue weighted by atomic mass is 9.96. The second kappa shape index (κ2) is 11.4. The standard InChI is InChI=1S/C34H37F4N5O/c1-7-21-10-9-11-22(8-2)29(21)43-30(25-16-27(35)28(15-20(25)4)40-32(39)44)26-18-42(33(5,6)31(26)41-43)17-23-12-13-24(14-19(23)3)34(36,37)38/h9-16H,7-8,17-18H2,1-6H3,(H3,39,40,44). The maximum absolute atomic E-state index is 15.4. The summed E-state index contributed by atoms with van der Waals surface area (Å²) in [7, 11) is 0. The predicted molar refractivity (Wildman–Crippen MR) is 164 cm³/mol. The molecule has 232 valence electrons. The smallest absolute Gasteiger partial charge is 0.351 e. The van der Waals surface area contributed by atoms with E-state index in [-0.39, 0.29) is 5.69 Å². The molecular formula is C34H37F4N5O. The van der Waals surface area contributed by atoms with Gasteiger partial charge in [0.25, 0.3) is 0 Å². The van der Waals surface area contributed by atoms with E-state index < -0.39 is 29.1 Å². The van der Waals surface area contributed by atoms with Gasteiger partial charge in [0.1, 0.15) is 5.82 Å². The van der Waals surface area contributed by atoms with E-state index >= 15 is 4.39 Å². The number of hydrogen-bond acceptors (Lipinski definition) is 3. The van der Waals surface area contributed by atoms with E-state index in [0.717, 1.165) is 63.8 Å². The molecule has 0 saturated carbocycles. The zero-order chi connectivity index (χ0) is 32.1. The van der Waals surface area contributed by atoms with Crippen molar-refractivity contribution in [1.82, 2.24) is 14.7 Å². The van der Waals surface area contributed by atoms with Gasteiger partial charge in [0.2, 0.25) is 0 Å². The van der Waals surface area contributed by atoms with Crippen molar-refractivity contribution >= 4 is 11.7 Å². The Bertz CT molecular complexity index is 1730. The van der Waals surface area contributed by atoms with Crippen LogP contribution in [0.3, 0.4) is 0 Å². The monoisotopic (exact) mass is 607 g/mol. The average molecular weight is 608 g/mol. The number of primary amides is 1. The summed E-state index contributed by atoms with van der Waals surface area (Å²) in [5.74, 6) is -0.625. The highest BCUT2D eigenvalue weighted by atomic mass is 19.4. The van der Waals surface area contributed by atoms with Gasteiger partial charge in [-0.1, -0.05) is 38.1 Å². The van der Waals surface area contributed by atoms with Gasteiger partial charge in [0.15, 0.2) is 0 Å². The second-order valence-corrected chi connectivity index (χ2v) is 11.9. The Morgan fingerprint density at radius 2 is 1.66 bits per heavy atom. The Morgan fingerprint density at radius 1 is 1.00 bits per heavy atom. The third-order valence-electron chi connectivity index (χ3n) is 8.74. The van der Waals surface area contributed by atoms with Crippen LogP contribution in [0.1, 0.15) is 72.3 Å². The van der Waals surface area contributed by atoms with Crippen LogP contribution in [0.25, 0.3) is 16.9 Å². The number of hydrogen-bond donors (Lipinski definition) is 2. The summed E-state index contributed by atoms with van der Waals surface area (Å²) in [5.41, 5.74) is 12.4. The summed E-state index contributed by atoms with van der Waals surface area (Å²) < 4.78 is 57.4. The van der Waals surface area contributed by atoms with Crippen molar-refractivity contribution in [2.45, 2.75) is 79.2 Å². The van der Waals surface area contributed by atoms with Crippen molar-refractivity contribution in [2.24, 2.45) is 5.73 Å². The molecule has 44 heavy (non-hydrogen) atoms. The van der Waals surface area contributed by atoms with E-state index in [4.69, 9.17) is 10.8 Å². The number of alkyl halides is 3. The van der Waals surface area contributed by atoms with Crippen LogP contribution in [0, 0.1) is 19.7 Å². The highest BCUT2D eigenvalue weighted by Gasteiger charge is 2.43. The molecular weight excluding hydrogens is 570 g/mol. The molecule has 0 aliphatic carbocycles. The first-order valence-electron chi connectivity index (χ1n) is 14.7. The van der Waals surface area contributed by atoms with E-state index in [1.807, 2.05) is 17.7 Å². The third kappa shape index (κ3) is 5.47. The summed E-state index contributed by atoms with van der Waals surface area (Å²) in [4.78, 5) is 13.7. The first-order chi connectivity index (χ1) is 20.7. The lowest BCUT2D eigenvalue weighted by Crippen LogP contribution is -2.36. The molecule has 4 aromatic rings. The number of benzene rings is 3. The van der Waals surface area contributed by atoms with E-state index in [9.17, 15) is 18.0 Å². The predicted octanol–water partition coefficient (Wildman–Crippen LogP) is 8.18. The molecule has 0 radical (unpaired) electrons. The number of nitrogens with one attached hydrogen (secondary N) is 1.